The van der Waals surface area contributed by atoms with Gasteiger partial charge >= 0.3 is 0 Å². The van der Waals surface area contributed by atoms with Crippen LogP contribution < -0.4 is 0 Å². The molecule has 44 valence electrons. The Balaban J connectivity index is 2.59. The van der Waals surface area contributed by atoms with E-state index in [9.17, 15) is 0 Å². The molecule has 0 aliphatic carbocycles. The molecule has 0 bridgehead atoms. The number of hydrogen-bond donors (Lipinski definition) is 0. The number of likely N-dealkylation sites (N-methyl/N-ethyl adjacent to an activating group) is 1. The zero-order valence-corrected chi connectivity index (χ0v) is 5.26. The van der Waals surface area contributed by atoms with Gasteiger partial charge in [-0.3, -0.25) is 0 Å². The Morgan fingerprint density at radius 1 is 1.75 bits per heavy atom. The second-order valence-electron chi connectivity index (χ2n) is 2.16. The first kappa shape index (κ1) is 5.35. The highest BCUT2D eigenvalue weighted by atomic mass is 15.1. The third-order valence-corrected chi connectivity index (χ3v) is 1.06. The van der Waals surface area contributed by atoms with Gasteiger partial charge in [0, 0.05) is 19.8 Å². The summed E-state index contributed by atoms with van der Waals surface area (Å²) in [6.45, 7) is 3.09. The molecule has 0 aromatic rings. The Bertz CT molecular complexity index is 135. The standard InChI is InChI=1S/C6H10N2/c1-6-3-7-5-8(2)4-6/h3,5H,4H2,1-2H3. The lowest BCUT2D eigenvalue weighted by atomic mass is 10.3. The summed E-state index contributed by atoms with van der Waals surface area (Å²) in [6, 6.07) is 0. The van der Waals surface area contributed by atoms with E-state index < -0.39 is 0 Å². The van der Waals surface area contributed by atoms with Crippen molar-refractivity contribution in [3.63, 3.8) is 0 Å². The summed E-state index contributed by atoms with van der Waals surface area (Å²) in [7, 11) is 2.01. The summed E-state index contributed by atoms with van der Waals surface area (Å²) in [5.74, 6) is 0. The van der Waals surface area contributed by atoms with E-state index in [1.807, 2.05) is 19.6 Å². The number of aliphatic imine (C=N–C) groups is 1. The molecule has 1 aliphatic heterocycles. The molecule has 1 heterocycles. The highest BCUT2D eigenvalue weighted by Gasteiger charge is 1.96. The smallest absolute Gasteiger partial charge is 0.0905 e. The van der Waals surface area contributed by atoms with Gasteiger partial charge in [-0.05, 0) is 12.5 Å². The van der Waals surface area contributed by atoms with E-state index in [0.29, 0.717) is 0 Å². The van der Waals surface area contributed by atoms with Crippen LogP contribution in [0.5, 0.6) is 0 Å². The van der Waals surface area contributed by atoms with Gasteiger partial charge in [0.2, 0.25) is 0 Å². The van der Waals surface area contributed by atoms with Crippen molar-refractivity contribution in [3.05, 3.63) is 11.8 Å². The molecule has 0 aromatic heterocycles. The van der Waals surface area contributed by atoms with Gasteiger partial charge in [0.05, 0.1) is 6.34 Å². The van der Waals surface area contributed by atoms with Crippen LogP contribution in [0.4, 0.5) is 0 Å². The molecule has 0 spiro atoms. The topological polar surface area (TPSA) is 15.6 Å². The number of hydrogen-bond acceptors (Lipinski definition) is 2. The van der Waals surface area contributed by atoms with Gasteiger partial charge in [0.15, 0.2) is 0 Å². The first-order valence-electron chi connectivity index (χ1n) is 2.68. The minimum absolute atomic E-state index is 1.02. The molecule has 1 aliphatic rings. The van der Waals surface area contributed by atoms with Crippen LogP contribution in [0.25, 0.3) is 0 Å². The predicted molar refractivity (Wildman–Crippen MR) is 34.9 cm³/mol. The second kappa shape index (κ2) is 1.99. The van der Waals surface area contributed by atoms with E-state index in [4.69, 9.17) is 0 Å². The lowest BCUT2D eigenvalue weighted by molar-refractivity contribution is 0.557. The Hall–Kier alpha value is -0.790. The first-order valence-corrected chi connectivity index (χ1v) is 2.68. The van der Waals surface area contributed by atoms with Crippen molar-refractivity contribution < 1.29 is 0 Å². The van der Waals surface area contributed by atoms with Crippen LogP contribution in [0.3, 0.4) is 0 Å². The monoisotopic (exact) mass is 110 g/mol. The summed E-state index contributed by atoms with van der Waals surface area (Å²) >= 11 is 0. The van der Waals surface area contributed by atoms with E-state index in [2.05, 4.69) is 16.8 Å². The molecule has 0 atom stereocenters. The minimum Gasteiger partial charge on any atom is -0.362 e. The van der Waals surface area contributed by atoms with Crippen molar-refractivity contribution in [1.82, 2.24) is 4.90 Å². The number of nitrogens with zero attached hydrogens (tertiary/aromatic N) is 2. The van der Waals surface area contributed by atoms with Crippen LogP contribution in [-0.4, -0.2) is 24.8 Å². The quantitative estimate of drug-likeness (QED) is 0.451. The van der Waals surface area contributed by atoms with Gasteiger partial charge in [-0.15, -0.1) is 0 Å². The molecule has 0 saturated carbocycles. The highest BCUT2D eigenvalue weighted by molar-refractivity contribution is 5.57. The van der Waals surface area contributed by atoms with Crippen molar-refractivity contribution in [1.29, 1.82) is 0 Å². The van der Waals surface area contributed by atoms with Crippen molar-refractivity contribution in [3.8, 4) is 0 Å². The van der Waals surface area contributed by atoms with Gasteiger partial charge in [-0.1, -0.05) is 0 Å². The molecule has 8 heavy (non-hydrogen) atoms. The van der Waals surface area contributed by atoms with E-state index >= 15 is 0 Å². The molecule has 2 nitrogen and oxygen atoms in total. The average molecular weight is 110 g/mol. The SMILES string of the molecule is CC1=CN=CN(C)C1. The van der Waals surface area contributed by atoms with Gasteiger partial charge in [0.25, 0.3) is 0 Å². The van der Waals surface area contributed by atoms with Gasteiger partial charge in [0.1, 0.15) is 0 Å². The lowest BCUT2D eigenvalue weighted by Crippen LogP contribution is -2.20. The summed E-state index contributed by atoms with van der Waals surface area (Å²) < 4.78 is 0. The maximum Gasteiger partial charge on any atom is 0.0905 e. The van der Waals surface area contributed by atoms with Crippen molar-refractivity contribution in [2.24, 2.45) is 4.99 Å². The summed E-state index contributed by atoms with van der Waals surface area (Å²) in [6.07, 6.45) is 3.72. The first-order chi connectivity index (χ1) is 3.79. The second-order valence-corrected chi connectivity index (χ2v) is 2.16. The number of rotatable bonds is 0. The largest absolute Gasteiger partial charge is 0.362 e. The van der Waals surface area contributed by atoms with E-state index in [1.165, 1.54) is 5.57 Å². The molecule has 0 amide bonds. The fourth-order valence-electron chi connectivity index (χ4n) is 0.749. The van der Waals surface area contributed by atoms with Gasteiger partial charge in [-0.25, -0.2) is 4.99 Å². The molecular formula is C6H10N2. The molecular weight excluding hydrogens is 100 g/mol. The van der Waals surface area contributed by atoms with Crippen LogP contribution >= 0.6 is 0 Å². The van der Waals surface area contributed by atoms with Gasteiger partial charge < -0.3 is 4.90 Å². The summed E-state index contributed by atoms with van der Waals surface area (Å²) in [4.78, 5) is 6.03. The average Bonchev–Trinajstić information content (AvgIpc) is 1.64. The molecule has 0 unspecified atom stereocenters. The molecule has 0 saturated heterocycles. The van der Waals surface area contributed by atoms with E-state index in [-0.39, 0.29) is 0 Å². The molecule has 0 radical (unpaired) electrons. The Morgan fingerprint density at radius 2 is 2.50 bits per heavy atom. The third kappa shape index (κ3) is 1.09. The Labute approximate surface area is 49.5 Å². The predicted octanol–water partition coefficient (Wildman–Crippen LogP) is 0.864. The van der Waals surface area contributed by atoms with Crippen LogP contribution in [0.15, 0.2) is 16.8 Å². The zero-order chi connectivity index (χ0) is 5.98. The van der Waals surface area contributed by atoms with Gasteiger partial charge in [-0.2, -0.15) is 0 Å². The molecule has 0 aromatic carbocycles. The maximum atomic E-state index is 3.98. The normalized spacial score (nSPS) is 18.8. The zero-order valence-electron chi connectivity index (χ0n) is 5.26. The van der Waals surface area contributed by atoms with E-state index in [0.717, 1.165) is 6.54 Å². The molecule has 2 heteroatoms. The fraction of sp³-hybridized carbons (Fsp3) is 0.500. The van der Waals surface area contributed by atoms with Crippen LogP contribution in [0.1, 0.15) is 6.92 Å². The summed E-state index contributed by atoms with van der Waals surface area (Å²) in [5.41, 5.74) is 1.31. The third-order valence-electron chi connectivity index (χ3n) is 1.06. The minimum atomic E-state index is 1.02. The summed E-state index contributed by atoms with van der Waals surface area (Å²) in [5, 5.41) is 0. The Morgan fingerprint density at radius 3 is 2.88 bits per heavy atom. The highest BCUT2D eigenvalue weighted by Crippen LogP contribution is 1.98. The molecule has 0 fully saturated rings. The molecule has 1 rings (SSSR count). The van der Waals surface area contributed by atoms with Crippen LogP contribution in [-0.2, 0) is 0 Å². The van der Waals surface area contributed by atoms with Crippen molar-refractivity contribution in [2.75, 3.05) is 13.6 Å². The maximum absolute atomic E-state index is 3.98. The Kier molecular flexibility index (Phi) is 1.33. The van der Waals surface area contributed by atoms with Crippen molar-refractivity contribution in [2.45, 2.75) is 6.92 Å². The van der Waals surface area contributed by atoms with Crippen molar-refractivity contribution >= 4 is 6.34 Å². The molecule has 0 N–H and O–H groups in total. The van der Waals surface area contributed by atoms with Crippen LogP contribution in [0.2, 0.25) is 0 Å². The fourth-order valence-corrected chi connectivity index (χ4v) is 0.749. The van der Waals surface area contributed by atoms with Crippen LogP contribution in [0, 0.1) is 0 Å². The van der Waals surface area contributed by atoms with E-state index in [1.54, 1.807) is 0 Å². The lowest BCUT2D eigenvalue weighted by Gasteiger charge is -2.15.